The summed E-state index contributed by atoms with van der Waals surface area (Å²) in [6, 6.07) is 2.36. The predicted molar refractivity (Wildman–Crippen MR) is 66.4 cm³/mol. The van der Waals surface area contributed by atoms with Gasteiger partial charge in [-0.05, 0) is 63.2 Å². The molecule has 4 bridgehead atoms. The Balaban J connectivity index is 0.000000963. The highest BCUT2D eigenvalue weighted by Crippen LogP contribution is 2.55. The van der Waals surface area contributed by atoms with Crippen LogP contribution in [-0.4, -0.2) is 11.6 Å². The topological polar surface area (TPSA) is 35.8 Å². The molecule has 0 amide bonds. The van der Waals surface area contributed by atoms with Gasteiger partial charge in [0.05, 0.1) is 12.1 Å². The van der Waals surface area contributed by atoms with Crippen molar-refractivity contribution < 1.29 is 0 Å². The van der Waals surface area contributed by atoms with E-state index < -0.39 is 0 Å². The molecule has 4 saturated carbocycles. The zero-order valence-corrected chi connectivity index (χ0v) is 10.7. The molecule has 2 nitrogen and oxygen atoms in total. The Kier molecular flexibility index (Phi) is 3.20. The molecule has 0 aliphatic heterocycles. The van der Waals surface area contributed by atoms with Crippen molar-refractivity contribution >= 4 is 12.4 Å². The first-order chi connectivity index (χ1) is 7.19. The van der Waals surface area contributed by atoms with E-state index in [1.807, 2.05) is 6.92 Å². The fraction of sp³-hybridized carbons (Fsp3) is 0.923. The molecule has 4 aliphatic carbocycles. The van der Waals surface area contributed by atoms with Crippen LogP contribution in [0.4, 0.5) is 0 Å². The molecule has 0 saturated heterocycles. The quantitative estimate of drug-likeness (QED) is 0.806. The summed E-state index contributed by atoms with van der Waals surface area (Å²) in [6.07, 6.45) is 8.44. The van der Waals surface area contributed by atoms with Gasteiger partial charge in [0.25, 0.3) is 0 Å². The van der Waals surface area contributed by atoms with Gasteiger partial charge in [-0.25, -0.2) is 0 Å². The van der Waals surface area contributed by atoms with Crippen LogP contribution in [0.2, 0.25) is 0 Å². The Hall–Kier alpha value is -0.260. The van der Waals surface area contributed by atoms with Gasteiger partial charge in [-0.2, -0.15) is 5.26 Å². The monoisotopic (exact) mass is 240 g/mol. The summed E-state index contributed by atoms with van der Waals surface area (Å²) in [4.78, 5) is 0. The highest BCUT2D eigenvalue weighted by molar-refractivity contribution is 5.85. The van der Waals surface area contributed by atoms with Gasteiger partial charge in [-0.3, -0.25) is 5.32 Å². The normalized spacial score (nSPS) is 45.9. The maximum atomic E-state index is 8.92. The van der Waals surface area contributed by atoms with Crippen molar-refractivity contribution in [1.82, 2.24) is 5.32 Å². The zero-order valence-electron chi connectivity index (χ0n) is 9.91. The largest absolute Gasteiger partial charge is 0.297 e. The van der Waals surface area contributed by atoms with Crippen LogP contribution in [-0.2, 0) is 0 Å². The molecule has 16 heavy (non-hydrogen) atoms. The Morgan fingerprint density at radius 3 is 1.94 bits per heavy atom. The van der Waals surface area contributed by atoms with E-state index in [2.05, 4.69) is 11.4 Å². The van der Waals surface area contributed by atoms with Crippen LogP contribution < -0.4 is 5.32 Å². The van der Waals surface area contributed by atoms with E-state index >= 15 is 0 Å². The Labute approximate surface area is 104 Å². The highest BCUT2D eigenvalue weighted by Gasteiger charge is 2.51. The van der Waals surface area contributed by atoms with Crippen LogP contribution in [0.3, 0.4) is 0 Å². The minimum absolute atomic E-state index is 0. The second-order valence-corrected chi connectivity index (χ2v) is 6.19. The molecule has 1 unspecified atom stereocenters. The SMILES string of the molecule is CC(C#N)NC12CC3CC(CC(C3)C1)C2.Cl. The van der Waals surface area contributed by atoms with Crippen LogP contribution >= 0.6 is 12.4 Å². The third-order valence-electron chi connectivity index (χ3n) is 4.75. The zero-order chi connectivity index (χ0) is 10.5. The van der Waals surface area contributed by atoms with Crippen molar-refractivity contribution in [2.24, 2.45) is 17.8 Å². The summed E-state index contributed by atoms with van der Waals surface area (Å²) in [6.45, 7) is 2.00. The summed E-state index contributed by atoms with van der Waals surface area (Å²) >= 11 is 0. The lowest BCUT2D eigenvalue weighted by atomic mass is 9.53. The van der Waals surface area contributed by atoms with Crippen LogP contribution in [0.15, 0.2) is 0 Å². The lowest BCUT2D eigenvalue weighted by Gasteiger charge is -2.57. The van der Waals surface area contributed by atoms with Crippen LogP contribution in [0, 0.1) is 29.1 Å². The molecular formula is C13H21ClN2. The first-order valence-corrected chi connectivity index (χ1v) is 6.36. The fourth-order valence-corrected chi connectivity index (χ4v) is 4.78. The smallest absolute Gasteiger partial charge is 0.0928 e. The van der Waals surface area contributed by atoms with Crippen molar-refractivity contribution in [2.75, 3.05) is 0 Å². The Morgan fingerprint density at radius 2 is 1.56 bits per heavy atom. The van der Waals surface area contributed by atoms with Crippen molar-refractivity contribution in [3.63, 3.8) is 0 Å². The third kappa shape index (κ3) is 1.96. The summed E-state index contributed by atoms with van der Waals surface area (Å²) in [7, 11) is 0. The van der Waals surface area contributed by atoms with E-state index in [0.717, 1.165) is 17.8 Å². The summed E-state index contributed by atoms with van der Waals surface area (Å²) < 4.78 is 0. The molecule has 0 radical (unpaired) electrons. The molecule has 0 aromatic rings. The van der Waals surface area contributed by atoms with Crippen LogP contribution in [0.1, 0.15) is 45.4 Å². The summed E-state index contributed by atoms with van der Waals surface area (Å²) in [5.41, 5.74) is 0.351. The summed E-state index contributed by atoms with van der Waals surface area (Å²) in [5, 5.41) is 12.5. The second kappa shape index (κ2) is 4.20. The van der Waals surface area contributed by atoms with Crippen molar-refractivity contribution in [3.05, 3.63) is 0 Å². The molecule has 1 atom stereocenters. The number of hydrogen-bond donors (Lipinski definition) is 1. The van der Waals surface area contributed by atoms with Gasteiger partial charge < -0.3 is 0 Å². The van der Waals surface area contributed by atoms with Gasteiger partial charge >= 0.3 is 0 Å². The average molecular weight is 241 g/mol. The molecule has 0 spiro atoms. The van der Waals surface area contributed by atoms with E-state index in [-0.39, 0.29) is 18.4 Å². The highest BCUT2D eigenvalue weighted by atomic mass is 35.5. The van der Waals surface area contributed by atoms with E-state index in [4.69, 9.17) is 5.26 Å². The van der Waals surface area contributed by atoms with Crippen LogP contribution in [0.25, 0.3) is 0 Å². The van der Waals surface area contributed by atoms with Crippen LogP contribution in [0.5, 0.6) is 0 Å². The molecule has 0 aromatic heterocycles. The number of hydrogen-bond acceptors (Lipinski definition) is 2. The third-order valence-corrected chi connectivity index (χ3v) is 4.75. The van der Waals surface area contributed by atoms with Gasteiger partial charge in [0.2, 0.25) is 0 Å². The Bertz CT molecular complexity index is 272. The van der Waals surface area contributed by atoms with Gasteiger partial charge in [-0.15, -0.1) is 12.4 Å². The van der Waals surface area contributed by atoms with E-state index in [1.165, 1.54) is 38.5 Å². The number of rotatable bonds is 2. The fourth-order valence-electron chi connectivity index (χ4n) is 4.78. The number of nitriles is 1. The van der Waals surface area contributed by atoms with E-state index in [9.17, 15) is 0 Å². The van der Waals surface area contributed by atoms with E-state index in [0.29, 0.717) is 5.54 Å². The molecule has 4 rings (SSSR count). The Morgan fingerprint density at radius 1 is 1.12 bits per heavy atom. The lowest BCUT2D eigenvalue weighted by Crippen LogP contribution is -2.60. The van der Waals surface area contributed by atoms with Gasteiger partial charge in [0.1, 0.15) is 0 Å². The number of halogens is 1. The first-order valence-electron chi connectivity index (χ1n) is 6.36. The second-order valence-electron chi connectivity index (χ2n) is 6.19. The minimum atomic E-state index is 0. The molecule has 3 heteroatoms. The standard InChI is InChI=1S/C13H20N2.ClH/c1-9(8-14)15-13-5-10-2-11(6-13)4-12(3-10)7-13;/h9-12,15H,2-7H2,1H3;1H. The van der Waals surface area contributed by atoms with Gasteiger partial charge in [0, 0.05) is 5.54 Å². The molecule has 1 N–H and O–H groups in total. The van der Waals surface area contributed by atoms with E-state index in [1.54, 1.807) is 0 Å². The maximum absolute atomic E-state index is 8.92. The minimum Gasteiger partial charge on any atom is -0.297 e. The van der Waals surface area contributed by atoms with Crippen molar-refractivity contribution in [3.8, 4) is 6.07 Å². The number of nitrogens with zero attached hydrogens (tertiary/aromatic N) is 1. The molecule has 90 valence electrons. The first kappa shape index (κ1) is 12.2. The maximum Gasteiger partial charge on any atom is 0.0928 e. The molecule has 0 heterocycles. The predicted octanol–water partition coefficient (Wildman–Crippen LogP) is 2.88. The molecular weight excluding hydrogens is 220 g/mol. The van der Waals surface area contributed by atoms with Crippen molar-refractivity contribution in [1.29, 1.82) is 5.26 Å². The molecule has 4 aliphatic rings. The van der Waals surface area contributed by atoms with Gasteiger partial charge in [-0.1, -0.05) is 0 Å². The summed E-state index contributed by atoms with van der Waals surface area (Å²) in [5.74, 6) is 2.90. The molecule has 4 fully saturated rings. The lowest BCUT2D eigenvalue weighted by molar-refractivity contribution is -0.0217. The molecule has 0 aromatic carbocycles. The number of nitrogens with one attached hydrogen (secondary N) is 1. The van der Waals surface area contributed by atoms with Crippen molar-refractivity contribution in [2.45, 2.75) is 57.0 Å². The average Bonchev–Trinajstić information content (AvgIpc) is 2.14. The van der Waals surface area contributed by atoms with Gasteiger partial charge in [0.15, 0.2) is 0 Å².